The Bertz CT molecular complexity index is 423. The van der Waals surface area contributed by atoms with E-state index in [2.05, 4.69) is 27.4 Å². The highest BCUT2D eigenvalue weighted by Gasteiger charge is 2.64. The number of hydrogen-bond acceptors (Lipinski definition) is 2. The monoisotopic (exact) mass is 308 g/mol. The molecule has 2 N–H and O–H groups in total. The van der Waals surface area contributed by atoms with Crippen LogP contribution >= 0.6 is 0 Å². The standard InChI is InChI=1S/C20H36O2/c1-7-20(14-9-15(2)21)18(5)12-8-11-17(3,4)16(18)10-13-19(20,6)22/h7,15-16,21-22H,1,8-14H2,2-6H3. The van der Waals surface area contributed by atoms with Gasteiger partial charge < -0.3 is 10.2 Å². The van der Waals surface area contributed by atoms with Crippen LogP contribution in [0.25, 0.3) is 0 Å². The first-order valence-corrected chi connectivity index (χ1v) is 9.06. The molecule has 2 nitrogen and oxygen atoms in total. The van der Waals surface area contributed by atoms with Gasteiger partial charge in [-0.1, -0.05) is 33.3 Å². The van der Waals surface area contributed by atoms with E-state index in [4.69, 9.17) is 0 Å². The molecule has 2 aliphatic carbocycles. The molecule has 0 aliphatic heterocycles. The Kier molecular flexibility index (Phi) is 4.61. The van der Waals surface area contributed by atoms with E-state index < -0.39 is 5.60 Å². The zero-order valence-electron chi connectivity index (χ0n) is 15.3. The molecule has 0 aromatic carbocycles. The molecule has 0 aromatic heterocycles. The van der Waals surface area contributed by atoms with Gasteiger partial charge in [0.15, 0.2) is 0 Å². The van der Waals surface area contributed by atoms with Crippen molar-refractivity contribution in [2.24, 2.45) is 22.2 Å². The first-order valence-electron chi connectivity index (χ1n) is 9.06. The van der Waals surface area contributed by atoms with Gasteiger partial charge in [0.1, 0.15) is 0 Å². The normalized spacial score (nSPS) is 45.9. The Morgan fingerprint density at radius 3 is 2.36 bits per heavy atom. The van der Waals surface area contributed by atoms with Crippen LogP contribution in [0.5, 0.6) is 0 Å². The SMILES string of the molecule is C=CC1(CCC(C)O)C(C)(O)CCC2C(C)(C)CCCC21C. The average Bonchev–Trinajstić information content (AvgIpc) is 2.36. The number of rotatable bonds is 4. The highest BCUT2D eigenvalue weighted by atomic mass is 16.3. The van der Waals surface area contributed by atoms with Gasteiger partial charge >= 0.3 is 0 Å². The Labute approximate surface area is 137 Å². The van der Waals surface area contributed by atoms with E-state index in [1.54, 1.807) is 0 Å². The van der Waals surface area contributed by atoms with Crippen molar-refractivity contribution in [2.45, 2.75) is 91.3 Å². The lowest BCUT2D eigenvalue weighted by atomic mass is 9.39. The molecule has 22 heavy (non-hydrogen) atoms. The minimum atomic E-state index is -0.734. The van der Waals surface area contributed by atoms with Crippen LogP contribution in [-0.2, 0) is 0 Å². The predicted octanol–water partition coefficient (Wildman–Crippen LogP) is 4.70. The zero-order valence-corrected chi connectivity index (χ0v) is 15.3. The Hall–Kier alpha value is -0.340. The maximum absolute atomic E-state index is 11.3. The summed E-state index contributed by atoms with van der Waals surface area (Å²) in [5.41, 5.74) is -0.657. The molecule has 0 saturated heterocycles. The highest BCUT2D eigenvalue weighted by molar-refractivity contribution is 5.21. The minimum Gasteiger partial charge on any atom is -0.393 e. The summed E-state index contributed by atoms with van der Waals surface area (Å²) >= 11 is 0. The lowest BCUT2D eigenvalue weighted by molar-refractivity contribution is -0.211. The molecule has 2 saturated carbocycles. The molecule has 128 valence electrons. The quantitative estimate of drug-likeness (QED) is 0.739. The molecule has 0 aromatic rings. The van der Waals surface area contributed by atoms with Gasteiger partial charge in [0, 0.05) is 5.41 Å². The van der Waals surface area contributed by atoms with Gasteiger partial charge in [-0.05, 0) is 69.1 Å². The second-order valence-electron chi connectivity index (χ2n) is 9.19. The minimum absolute atomic E-state index is 0.0626. The first kappa shape index (κ1) is 18.0. The third-order valence-corrected chi connectivity index (χ3v) is 7.43. The number of aliphatic hydroxyl groups excluding tert-OH is 1. The van der Waals surface area contributed by atoms with Crippen molar-refractivity contribution in [1.29, 1.82) is 0 Å². The Morgan fingerprint density at radius 1 is 1.18 bits per heavy atom. The van der Waals surface area contributed by atoms with E-state index in [-0.39, 0.29) is 16.9 Å². The molecule has 0 spiro atoms. The topological polar surface area (TPSA) is 40.5 Å². The molecule has 5 atom stereocenters. The van der Waals surface area contributed by atoms with Crippen LogP contribution in [0.1, 0.15) is 79.6 Å². The lowest BCUT2D eigenvalue weighted by Gasteiger charge is -2.67. The van der Waals surface area contributed by atoms with Crippen LogP contribution in [0, 0.1) is 22.2 Å². The molecule has 2 heteroatoms. The Balaban J connectivity index is 2.50. The lowest BCUT2D eigenvalue weighted by Crippen LogP contribution is -2.64. The molecule has 0 bridgehead atoms. The van der Waals surface area contributed by atoms with Crippen molar-refractivity contribution < 1.29 is 10.2 Å². The fourth-order valence-corrected chi connectivity index (χ4v) is 6.18. The van der Waals surface area contributed by atoms with Gasteiger partial charge in [-0.25, -0.2) is 0 Å². The van der Waals surface area contributed by atoms with E-state index in [0.717, 1.165) is 32.1 Å². The summed E-state index contributed by atoms with van der Waals surface area (Å²) in [6.45, 7) is 15.2. The van der Waals surface area contributed by atoms with Crippen LogP contribution in [0.4, 0.5) is 0 Å². The van der Waals surface area contributed by atoms with Crippen molar-refractivity contribution in [2.75, 3.05) is 0 Å². The summed E-state index contributed by atoms with van der Waals surface area (Å²) in [5, 5.41) is 21.1. The molecule has 5 unspecified atom stereocenters. The maximum atomic E-state index is 11.3. The van der Waals surface area contributed by atoms with Crippen molar-refractivity contribution in [1.82, 2.24) is 0 Å². The fraction of sp³-hybridized carbons (Fsp3) is 0.900. The summed E-state index contributed by atoms with van der Waals surface area (Å²) in [4.78, 5) is 0. The van der Waals surface area contributed by atoms with E-state index in [0.29, 0.717) is 11.3 Å². The summed E-state index contributed by atoms with van der Waals surface area (Å²) < 4.78 is 0. The smallest absolute Gasteiger partial charge is 0.0715 e. The summed E-state index contributed by atoms with van der Waals surface area (Å²) in [5.74, 6) is 0.612. The predicted molar refractivity (Wildman–Crippen MR) is 92.6 cm³/mol. The van der Waals surface area contributed by atoms with Gasteiger partial charge in [0.2, 0.25) is 0 Å². The molecule has 0 heterocycles. The van der Waals surface area contributed by atoms with Gasteiger partial charge in [-0.2, -0.15) is 0 Å². The molecule has 2 rings (SSSR count). The number of hydrogen-bond donors (Lipinski definition) is 2. The second kappa shape index (κ2) is 5.63. The molecular weight excluding hydrogens is 272 g/mol. The third kappa shape index (κ3) is 2.47. The Morgan fingerprint density at radius 2 is 1.82 bits per heavy atom. The van der Waals surface area contributed by atoms with Gasteiger partial charge in [0.25, 0.3) is 0 Å². The van der Waals surface area contributed by atoms with Crippen LogP contribution < -0.4 is 0 Å². The maximum Gasteiger partial charge on any atom is 0.0715 e. The first-order chi connectivity index (χ1) is 10.0. The van der Waals surface area contributed by atoms with Crippen molar-refractivity contribution in [3.05, 3.63) is 12.7 Å². The van der Waals surface area contributed by atoms with E-state index in [9.17, 15) is 10.2 Å². The van der Waals surface area contributed by atoms with E-state index in [1.807, 2.05) is 19.9 Å². The van der Waals surface area contributed by atoms with Crippen LogP contribution in [0.3, 0.4) is 0 Å². The number of aliphatic hydroxyl groups is 2. The summed E-state index contributed by atoms with van der Waals surface area (Å²) in [7, 11) is 0. The van der Waals surface area contributed by atoms with Crippen LogP contribution in [0.15, 0.2) is 12.7 Å². The largest absolute Gasteiger partial charge is 0.393 e. The van der Waals surface area contributed by atoms with Crippen LogP contribution in [0.2, 0.25) is 0 Å². The average molecular weight is 309 g/mol. The fourth-order valence-electron chi connectivity index (χ4n) is 6.18. The summed E-state index contributed by atoms with van der Waals surface area (Å²) in [6, 6.07) is 0. The molecule has 0 radical (unpaired) electrons. The molecule has 2 fully saturated rings. The zero-order chi connectivity index (χ0) is 16.8. The van der Waals surface area contributed by atoms with Gasteiger partial charge in [0.05, 0.1) is 11.7 Å². The second-order valence-corrected chi connectivity index (χ2v) is 9.19. The van der Waals surface area contributed by atoms with Gasteiger partial charge in [-0.15, -0.1) is 6.58 Å². The van der Waals surface area contributed by atoms with Crippen LogP contribution in [-0.4, -0.2) is 21.9 Å². The van der Waals surface area contributed by atoms with Crippen molar-refractivity contribution in [3.63, 3.8) is 0 Å². The van der Waals surface area contributed by atoms with E-state index >= 15 is 0 Å². The summed E-state index contributed by atoms with van der Waals surface area (Å²) in [6.07, 6.45) is 8.86. The molecular formula is C20H36O2. The van der Waals surface area contributed by atoms with Gasteiger partial charge in [-0.3, -0.25) is 0 Å². The number of fused-ring (bicyclic) bond motifs is 1. The van der Waals surface area contributed by atoms with E-state index in [1.165, 1.54) is 12.8 Å². The molecule has 0 amide bonds. The highest BCUT2D eigenvalue weighted by Crippen LogP contribution is 2.69. The van der Waals surface area contributed by atoms with Crippen molar-refractivity contribution >= 4 is 0 Å². The molecule has 2 aliphatic rings. The third-order valence-electron chi connectivity index (χ3n) is 7.43. The van der Waals surface area contributed by atoms with Crippen molar-refractivity contribution in [3.8, 4) is 0 Å².